The number of amides is 3. The summed E-state index contributed by atoms with van der Waals surface area (Å²) in [6.45, 7) is 14.4. The number of fused-ring (bicyclic) bond motifs is 3. The van der Waals surface area contributed by atoms with Gasteiger partial charge >= 0.3 is 0 Å². The van der Waals surface area contributed by atoms with Crippen LogP contribution >= 0.6 is 34.3 Å². The molecule has 4 aromatic heterocycles. The Balaban J connectivity index is 0.831. The molecule has 0 aliphatic carbocycles. The number of nitrogens with zero attached hydrogens (tertiary/aromatic N) is 8. The van der Waals surface area contributed by atoms with Crippen LogP contribution in [-0.2, 0) is 20.9 Å². The number of β-amino-alcohol motifs (C(OH)–C–C–N with tert-alkyl or cyclic N) is 1. The van der Waals surface area contributed by atoms with Crippen molar-refractivity contribution in [1.82, 2.24) is 45.1 Å². The maximum atomic E-state index is 14.4. The first kappa shape index (κ1) is 48.5. The number of hydrogen-bond acceptors (Lipinski definition) is 12. The van der Waals surface area contributed by atoms with Crippen LogP contribution in [0.2, 0.25) is 5.02 Å². The van der Waals surface area contributed by atoms with E-state index in [-0.39, 0.29) is 56.1 Å². The number of aliphatic hydroxyl groups excluding tert-OH is 1. The summed E-state index contributed by atoms with van der Waals surface area (Å²) in [5.41, 5.74) is 10.2. The normalized spacial score (nSPS) is 17.4. The lowest BCUT2D eigenvalue weighted by Crippen LogP contribution is -2.49. The van der Waals surface area contributed by atoms with E-state index < -0.39 is 30.3 Å². The Morgan fingerprint density at radius 1 is 0.929 bits per heavy atom. The minimum absolute atomic E-state index is 0.0462. The van der Waals surface area contributed by atoms with Crippen LogP contribution in [0.5, 0.6) is 5.75 Å². The summed E-state index contributed by atoms with van der Waals surface area (Å²) < 4.78 is 9.99. The molecule has 2 aliphatic rings. The van der Waals surface area contributed by atoms with Crippen LogP contribution in [0.25, 0.3) is 26.6 Å². The zero-order valence-corrected chi connectivity index (χ0v) is 42.4. The number of aromatic nitrogens is 6. The minimum atomic E-state index is -0.832. The van der Waals surface area contributed by atoms with Crippen molar-refractivity contribution in [2.24, 2.45) is 10.9 Å². The van der Waals surface area contributed by atoms with Crippen molar-refractivity contribution >= 4 is 57.7 Å². The number of thiophene rings is 1. The number of aliphatic hydroxyl groups is 1. The van der Waals surface area contributed by atoms with Crippen LogP contribution in [0.1, 0.15) is 90.2 Å². The van der Waals surface area contributed by atoms with Gasteiger partial charge in [0.05, 0.1) is 47.1 Å². The molecule has 1 fully saturated rings. The lowest BCUT2D eigenvalue weighted by Gasteiger charge is -2.30. The molecule has 362 valence electrons. The second-order valence-corrected chi connectivity index (χ2v) is 20.8. The predicted octanol–water partition coefficient (Wildman–Crippen LogP) is 8.54. The van der Waals surface area contributed by atoms with Crippen molar-refractivity contribution in [2.45, 2.75) is 98.2 Å². The van der Waals surface area contributed by atoms with Gasteiger partial charge in [0, 0.05) is 52.3 Å². The lowest BCUT2D eigenvalue weighted by atomic mass is 9.99. The van der Waals surface area contributed by atoms with Gasteiger partial charge in [-0.3, -0.25) is 28.6 Å². The SMILES string of the molecule is Cc1ncsc1-c1ccc(CNC(=O)[C@@H]2C[C@@H](O)CN2C(=O)[C@H](C(C)C)n2cc(-c3cccc(O[C@H](C)CNC(=O)C[C@@H]4N=C(c5ccc(Cl)cc5)c5c(sc(C)c5C)-n5c(C)nnc54)c3)cn2)cc1. The van der Waals surface area contributed by atoms with Crippen LogP contribution in [0.3, 0.4) is 0 Å². The molecule has 3 aromatic carbocycles. The van der Waals surface area contributed by atoms with E-state index in [1.165, 1.54) is 4.90 Å². The van der Waals surface area contributed by atoms with Gasteiger partial charge in [-0.05, 0) is 87.1 Å². The minimum Gasteiger partial charge on any atom is -0.489 e. The summed E-state index contributed by atoms with van der Waals surface area (Å²) in [5.74, 6) is 0.919. The molecule has 15 nitrogen and oxygen atoms in total. The van der Waals surface area contributed by atoms with E-state index in [2.05, 4.69) is 44.8 Å². The second-order valence-electron chi connectivity index (χ2n) is 18.3. The zero-order chi connectivity index (χ0) is 49.4. The fourth-order valence-electron chi connectivity index (χ4n) is 9.14. The van der Waals surface area contributed by atoms with Gasteiger partial charge in [0.2, 0.25) is 17.7 Å². The number of rotatable bonds is 15. The molecule has 0 unspecified atom stereocenters. The summed E-state index contributed by atoms with van der Waals surface area (Å²) in [5, 5.41) is 32.0. The monoisotopic (exact) mass is 998 g/mol. The highest BCUT2D eigenvalue weighted by Gasteiger charge is 2.42. The number of aryl methyl sites for hydroxylation is 3. The standard InChI is InChI=1S/C52H55ClN10O5S2/c1-28(2)47(51(67)61-26-40(64)20-43(61)50(66)55-23-34-11-13-36(14-12-34)48-31(5)56-27-69-48)62-25-38(24-57-62)37-9-8-10-41(19-37)68-29(3)22-54-44(65)21-42-49-60-59-33(7)63(49)52-45(30(4)32(6)70-52)46(58-42)35-15-17-39(53)18-16-35/h8-19,24-25,27-29,40,42-43,47,64H,20-23,26H2,1-7H3,(H,54,65)(H,55,66)/t29-,40-,42+,43+,47+/m1/s1. The number of aliphatic imine (C=N–C) groups is 1. The number of benzene rings is 3. The van der Waals surface area contributed by atoms with Gasteiger partial charge in [0.1, 0.15) is 40.8 Å². The van der Waals surface area contributed by atoms with Gasteiger partial charge in [-0.15, -0.1) is 32.9 Å². The summed E-state index contributed by atoms with van der Waals surface area (Å²) in [7, 11) is 0. The Morgan fingerprint density at radius 2 is 1.69 bits per heavy atom. The van der Waals surface area contributed by atoms with E-state index in [0.29, 0.717) is 16.6 Å². The third-order valence-corrected chi connectivity index (χ3v) is 15.3. The molecular formula is C52H55ClN10O5S2. The molecule has 2 aliphatic heterocycles. The number of carbonyl (C=O) groups excluding carboxylic acids is 3. The second kappa shape index (κ2) is 20.4. The Morgan fingerprint density at radius 3 is 2.41 bits per heavy atom. The van der Waals surface area contributed by atoms with Crippen LogP contribution in [0, 0.1) is 33.6 Å². The van der Waals surface area contributed by atoms with E-state index in [0.717, 1.165) is 70.9 Å². The Kier molecular flexibility index (Phi) is 14.2. The predicted molar refractivity (Wildman–Crippen MR) is 273 cm³/mol. The molecule has 3 amide bonds. The molecule has 3 N–H and O–H groups in total. The summed E-state index contributed by atoms with van der Waals surface area (Å²) in [4.78, 5) is 55.0. The van der Waals surface area contributed by atoms with Crippen molar-refractivity contribution in [3.05, 3.63) is 140 Å². The van der Waals surface area contributed by atoms with Gasteiger partial charge in [-0.2, -0.15) is 5.10 Å². The maximum Gasteiger partial charge on any atom is 0.248 e. The van der Waals surface area contributed by atoms with Crippen molar-refractivity contribution in [3.63, 3.8) is 0 Å². The number of thiazole rings is 1. The molecule has 0 radical (unpaired) electrons. The smallest absolute Gasteiger partial charge is 0.248 e. The summed E-state index contributed by atoms with van der Waals surface area (Å²) in [6, 6.07) is 21.0. The molecule has 0 saturated carbocycles. The zero-order valence-electron chi connectivity index (χ0n) is 40.0. The largest absolute Gasteiger partial charge is 0.489 e. The molecule has 0 spiro atoms. The third kappa shape index (κ3) is 10.1. The average molecular weight is 1000 g/mol. The molecule has 0 bridgehead atoms. The van der Waals surface area contributed by atoms with Crippen LogP contribution < -0.4 is 15.4 Å². The van der Waals surface area contributed by atoms with Crippen molar-refractivity contribution in [3.8, 4) is 32.3 Å². The van der Waals surface area contributed by atoms with E-state index in [9.17, 15) is 19.5 Å². The van der Waals surface area contributed by atoms with E-state index >= 15 is 0 Å². The van der Waals surface area contributed by atoms with Crippen molar-refractivity contribution < 1.29 is 24.2 Å². The molecule has 18 heteroatoms. The van der Waals surface area contributed by atoms with Gasteiger partial charge in [0.15, 0.2) is 5.82 Å². The van der Waals surface area contributed by atoms with Crippen molar-refractivity contribution in [2.75, 3.05) is 13.1 Å². The molecular weight excluding hydrogens is 944 g/mol. The average Bonchev–Trinajstić information content (AvgIpc) is 4.19. The topological polar surface area (TPSA) is 182 Å². The Labute approximate surface area is 419 Å². The van der Waals surface area contributed by atoms with Gasteiger partial charge in [-0.25, -0.2) is 4.98 Å². The van der Waals surface area contributed by atoms with Gasteiger partial charge in [0.25, 0.3) is 0 Å². The first-order valence-electron chi connectivity index (χ1n) is 23.3. The molecule has 5 atom stereocenters. The Bertz CT molecular complexity index is 3080. The fourth-order valence-corrected chi connectivity index (χ4v) is 11.3. The first-order valence-corrected chi connectivity index (χ1v) is 25.4. The molecule has 7 aromatic rings. The maximum absolute atomic E-state index is 14.4. The highest BCUT2D eigenvalue weighted by molar-refractivity contribution is 7.15. The van der Waals surface area contributed by atoms with E-state index in [1.54, 1.807) is 33.6 Å². The molecule has 9 rings (SSSR count). The van der Waals surface area contributed by atoms with Crippen LogP contribution in [-0.4, -0.2) is 94.3 Å². The van der Waals surface area contributed by atoms with Crippen molar-refractivity contribution in [1.29, 1.82) is 0 Å². The van der Waals surface area contributed by atoms with Gasteiger partial charge in [-0.1, -0.05) is 74.0 Å². The number of halogens is 1. The van der Waals surface area contributed by atoms with Gasteiger partial charge < -0.3 is 25.4 Å². The molecule has 70 heavy (non-hydrogen) atoms. The highest BCUT2D eigenvalue weighted by Crippen LogP contribution is 2.40. The Hall–Kier alpha value is -6.53. The number of likely N-dealkylation sites (tertiary alicyclic amines) is 1. The number of carbonyl (C=O) groups is 3. The van der Waals surface area contributed by atoms with Crippen LogP contribution in [0.15, 0.2) is 95.7 Å². The fraction of sp³-hybridized carbons (Fsp3) is 0.346. The molecule has 1 saturated heterocycles. The quantitative estimate of drug-likeness (QED) is 0.0907. The third-order valence-electron chi connectivity index (χ3n) is 12.9. The first-order chi connectivity index (χ1) is 33.6. The molecule has 6 heterocycles. The summed E-state index contributed by atoms with van der Waals surface area (Å²) >= 11 is 9.52. The lowest BCUT2D eigenvalue weighted by molar-refractivity contribution is -0.142. The highest BCUT2D eigenvalue weighted by atomic mass is 35.5. The summed E-state index contributed by atoms with van der Waals surface area (Å²) in [6.07, 6.45) is 2.49. The van der Waals surface area contributed by atoms with E-state index in [4.69, 9.17) is 21.3 Å². The number of ether oxygens (including phenoxy) is 1. The number of nitrogens with one attached hydrogen (secondary N) is 2. The van der Waals surface area contributed by atoms with E-state index in [1.807, 2.05) is 124 Å². The number of hydrogen-bond donors (Lipinski definition) is 3. The van der Waals surface area contributed by atoms with Crippen LogP contribution in [0.4, 0.5) is 0 Å².